The highest BCUT2D eigenvalue weighted by Crippen LogP contribution is 2.17. The van der Waals surface area contributed by atoms with Crippen LogP contribution >= 0.6 is 11.8 Å². The average Bonchev–Trinajstić information content (AvgIpc) is 2.31. The number of nitrogens with two attached hydrogens (primary N) is 1. The summed E-state index contributed by atoms with van der Waals surface area (Å²) in [4.78, 5) is 11.4. The highest BCUT2D eigenvalue weighted by atomic mass is 32.2. The lowest BCUT2D eigenvalue weighted by Crippen LogP contribution is -2.53. The van der Waals surface area contributed by atoms with E-state index in [2.05, 4.69) is 12.2 Å². The summed E-state index contributed by atoms with van der Waals surface area (Å²) < 4.78 is 0. The predicted molar refractivity (Wildman–Crippen MR) is 74.1 cm³/mol. The molecule has 17 heavy (non-hydrogen) atoms. The van der Waals surface area contributed by atoms with Crippen LogP contribution in [0.2, 0.25) is 0 Å². The van der Waals surface area contributed by atoms with Gasteiger partial charge in [0.05, 0.1) is 12.1 Å². The molecule has 5 heteroatoms. The van der Waals surface area contributed by atoms with Crippen molar-refractivity contribution in [3.8, 4) is 0 Å². The molecule has 0 fully saturated rings. The van der Waals surface area contributed by atoms with Crippen LogP contribution in [0.1, 0.15) is 40.0 Å². The van der Waals surface area contributed by atoms with E-state index in [0.29, 0.717) is 0 Å². The van der Waals surface area contributed by atoms with E-state index in [1.54, 1.807) is 11.8 Å². The van der Waals surface area contributed by atoms with Crippen LogP contribution in [0.3, 0.4) is 0 Å². The van der Waals surface area contributed by atoms with E-state index in [9.17, 15) is 4.79 Å². The van der Waals surface area contributed by atoms with Gasteiger partial charge in [0, 0.05) is 5.25 Å². The summed E-state index contributed by atoms with van der Waals surface area (Å²) in [6.45, 7) is 6.93. The molecule has 1 amide bonds. The molecule has 0 saturated carbocycles. The fraction of sp³-hybridized carbons (Fsp3) is 0.917. The lowest BCUT2D eigenvalue weighted by atomic mass is 9.95. The maximum Gasteiger partial charge on any atom is 0.237 e. The lowest BCUT2D eigenvalue weighted by molar-refractivity contribution is -0.124. The predicted octanol–water partition coefficient (Wildman–Crippen LogP) is 1.12. The number of aliphatic hydroxyl groups is 1. The van der Waals surface area contributed by atoms with E-state index in [1.165, 1.54) is 0 Å². The van der Waals surface area contributed by atoms with Crippen molar-refractivity contribution < 1.29 is 9.90 Å². The zero-order chi connectivity index (χ0) is 13.3. The molecule has 0 aliphatic carbocycles. The molecule has 0 radical (unpaired) electrons. The number of carbonyl (C=O) groups excluding carboxylic acids is 1. The zero-order valence-electron chi connectivity index (χ0n) is 11.2. The number of thioether (sulfide) groups is 1. The van der Waals surface area contributed by atoms with Gasteiger partial charge in [0.2, 0.25) is 5.91 Å². The Balaban J connectivity index is 3.96. The Labute approximate surface area is 109 Å². The fourth-order valence-electron chi connectivity index (χ4n) is 1.46. The Morgan fingerprint density at radius 3 is 2.71 bits per heavy atom. The van der Waals surface area contributed by atoms with Gasteiger partial charge in [0.1, 0.15) is 0 Å². The minimum Gasteiger partial charge on any atom is -0.395 e. The molecule has 0 spiro atoms. The smallest absolute Gasteiger partial charge is 0.237 e. The molecular formula is C12H26N2O2S. The van der Waals surface area contributed by atoms with Gasteiger partial charge >= 0.3 is 0 Å². The summed E-state index contributed by atoms with van der Waals surface area (Å²) >= 11 is 1.72. The number of hydrogen-bond acceptors (Lipinski definition) is 4. The second-order valence-corrected chi connectivity index (χ2v) is 6.14. The molecule has 0 aromatic carbocycles. The molecule has 4 N–H and O–H groups in total. The Morgan fingerprint density at radius 2 is 2.24 bits per heavy atom. The molecule has 4 nitrogen and oxygen atoms in total. The SMILES string of the molecule is CCCNC(C)(CCCSC(C)CO)C(N)=O. The first kappa shape index (κ1) is 16.7. The van der Waals surface area contributed by atoms with E-state index in [0.717, 1.165) is 31.6 Å². The monoisotopic (exact) mass is 262 g/mol. The molecule has 0 aliphatic heterocycles. The van der Waals surface area contributed by atoms with Gasteiger partial charge in [-0.05, 0) is 38.5 Å². The van der Waals surface area contributed by atoms with Crippen molar-refractivity contribution in [2.75, 3.05) is 18.9 Å². The summed E-state index contributed by atoms with van der Waals surface area (Å²) in [5, 5.41) is 12.4. The van der Waals surface area contributed by atoms with E-state index < -0.39 is 5.54 Å². The molecule has 0 aromatic rings. The van der Waals surface area contributed by atoms with Crippen molar-refractivity contribution in [1.29, 1.82) is 0 Å². The maximum atomic E-state index is 11.4. The van der Waals surface area contributed by atoms with Crippen LogP contribution in [0.4, 0.5) is 0 Å². The van der Waals surface area contributed by atoms with E-state index in [-0.39, 0.29) is 17.8 Å². The Kier molecular flexibility index (Phi) is 8.64. The van der Waals surface area contributed by atoms with Crippen molar-refractivity contribution in [2.45, 2.75) is 50.8 Å². The van der Waals surface area contributed by atoms with E-state index >= 15 is 0 Å². The van der Waals surface area contributed by atoms with Gasteiger partial charge in [-0.1, -0.05) is 13.8 Å². The van der Waals surface area contributed by atoms with Gasteiger partial charge in [-0.2, -0.15) is 11.8 Å². The van der Waals surface area contributed by atoms with Gasteiger partial charge in [-0.15, -0.1) is 0 Å². The number of carbonyl (C=O) groups is 1. The number of nitrogens with one attached hydrogen (secondary N) is 1. The lowest BCUT2D eigenvalue weighted by Gasteiger charge is -2.27. The molecule has 0 heterocycles. The van der Waals surface area contributed by atoms with Crippen LogP contribution in [-0.2, 0) is 4.79 Å². The summed E-state index contributed by atoms with van der Waals surface area (Å²) in [5.41, 5.74) is 4.83. The van der Waals surface area contributed by atoms with E-state index in [1.807, 2.05) is 13.8 Å². The van der Waals surface area contributed by atoms with Gasteiger partial charge in [-0.25, -0.2) is 0 Å². The fourth-order valence-corrected chi connectivity index (χ4v) is 2.28. The molecule has 0 bridgehead atoms. The van der Waals surface area contributed by atoms with Crippen LogP contribution in [0, 0.1) is 0 Å². The first-order chi connectivity index (χ1) is 7.96. The van der Waals surface area contributed by atoms with Crippen LogP contribution in [0.5, 0.6) is 0 Å². The third-order valence-corrected chi connectivity index (χ3v) is 4.03. The largest absolute Gasteiger partial charge is 0.395 e. The van der Waals surface area contributed by atoms with Gasteiger partial charge in [0.25, 0.3) is 0 Å². The minimum atomic E-state index is -0.598. The number of primary amides is 1. The third kappa shape index (κ3) is 6.91. The number of aliphatic hydroxyl groups excluding tert-OH is 1. The summed E-state index contributed by atoms with van der Waals surface area (Å²) in [6, 6.07) is 0. The molecule has 0 aliphatic rings. The molecular weight excluding hydrogens is 236 g/mol. The molecule has 0 rings (SSSR count). The maximum absolute atomic E-state index is 11.4. The summed E-state index contributed by atoms with van der Waals surface area (Å²) in [6.07, 6.45) is 2.65. The van der Waals surface area contributed by atoms with Gasteiger partial charge in [-0.3, -0.25) is 4.79 Å². The second-order valence-electron chi connectivity index (χ2n) is 4.59. The molecule has 0 aromatic heterocycles. The summed E-state index contributed by atoms with van der Waals surface area (Å²) in [5.74, 6) is 0.657. The third-order valence-electron chi connectivity index (χ3n) is 2.79. The van der Waals surface area contributed by atoms with Crippen LogP contribution in [0.25, 0.3) is 0 Å². The highest BCUT2D eigenvalue weighted by molar-refractivity contribution is 7.99. The molecule has 0 saturated heterocycles. The highest BCUT2D eigenvalue weighted by Gasteiger charge is 2.29. The Morgan fingerprint density at radius 1 is 1.59 bits per heavy atom. The van der Waals surface area contributed by atoms with Gasteiger partial charge < -0.3 is 16.2 Å². The minimum absolute atomic E-state index is 0.200. The van der Waals surface area contributed by atoms with Crippen LogP contribution < -0.4 is 11.1 Å². The standard InChI is InChI=1S/C12H26N2O2S/c1-4-7-14-12(3,11(13)16)6-5-8-17-10(2)9-15/h10,14-15H,4-9H2,1-3H3,(H2,13,16). The van der Waals surface area contributed by atoms with Crippen molar-refractivity contribution >= 4 is 17.7 Å². The normalized spacial score (nSPS) is 16.5. The zero-order valence-corrected chi connectivity index (χ0v) is 12.0. The van der Waals surface area contributed by atoms with E-state index in [4.69, 9.17) is 10.8 Å². The number of rotatable bonds is 10. The number of amides is 1. The molecule has 2 unspecified atom stereocenters. The van der Waals surface area contributed by atoms with Gasteiger partial charge in [0.15, 0.2) is 0 Å². The average molecular weight is 262 g/mol. The molecule has 2 atom stereocenters. The quantitative estimate of drug-likeness (QED) is 0.516. The van der Waals surface area contributed by atoms with Crippen LogP contribution in [0.15, 0.2) is 0 Å². The Hall–Kier alpha value is -0.260. The Bertz CT molecular complexity index is 227. The number of hydrogen-bond donors (Lipinski definition) is 3. The van der Waals surface area contributed by atoms with Crippen molar-refractivity contribution in [2.24, 2.45) is 5.73 Å². The van der Waals surface area contributed by atoms with Crippen molar-refractivity contribution in [3.05, 3.63) is 0 Å². The second kappa shape index (κ2) is 8.78. The topological polar surface area (TPSA) is 75.3 Å². The first-order valence-corrected chi connectivity index (χ1v) is 7.28. The molecule has 102 valence electrons. The summed E-state index contributed by atoms with van der Waals surface area (Å²) in [7, 11) is 0. The first-order valence-electron chi connectivity index (χ1n) is 6.23. The van der Waals surface area contributed by atoms with Crippen LogP contribution in [-0.4, -0.2) is 40.7 Å². The van der Waals surface area contributed by atoms with Crippen molar-refractivity contribution in [3.63, 3.8) is 0 Å². The van der Waals surface area contributed by atoms with Crippen molar-refractivity contribution in [1.82, 2.24) is 5.32 Å².